The van der Waals surface area contributed by atoms with Gasteiger partial charge in [0.1, 0.15) is 10.8 Å². The Bertz CT molecular complexity index is 3670. The Morgan fingerprint density at radius 2 is 0.750 bits per heavy atom. The first-order valence-corrected chi connectivity index (χ1v) is 20.8. The summed E-state index contributed by atoms with van der Waals surface area (Å²) in [5.74, 6) is 0.787. The van der Waals surface area contributed by atoms with Crippen molar-refractivity contribution < 1.29 is 0 Å². The molecule has 0 aliphatic heterocycles. The van der Waals surface area contributed by atoms with E-state index in [-0.39, 0.29) is 0 Å². The van der Waals surface area contributed by atoms with Gasteiger partial charge in [-0.25, -0.2) is 9.97 Å². The molecule has 7 heterocycles. The van der Waals surface area contributed by atoms with Crippen LogP contribution in [0.25, 0.3) is 115 Å². The monoisotopic (exact) mass is 785 g/mol. The first kappa shape index (κ1) is 33.1. The molecule has 13 aromatic rings. The average molecular weight is 786 g/mol. The summed E-state index contributed by atoms with van der Waals surface area (Å²) in [7, 11) is 0. The molecule has 0 amide bonds. The van der Waals surface area contributed by atoms with Crippen LogP contribution in [0.4, 0.5) is 0 Å². The normalized spacial score (nSPS) is 12.0. The minimum absolute atomic E-state index is 0.658. The number of hydrogen-bond acceptors (Lipinski definition) is 5. The number of benzene rings is 6. The number of hydrogen-bond donors (Lipinski definition) is 0. The molecule has 0 bridgehead atoms. The van der Waals surface area contributed by atoms with E-state index in [4.69, 9.17) is 19.9 Å². The van der Waals surface area contributed by atoms with Gasteiger partial charge in [0.05, 0.1) is 73.0 Å². The maximum absolute atomic E-state index is 5.30. The Morgan fingerprint density at radius 1 is 0.367 bits per heavy atom. The number of nitrogens with zero attached hydrogens (tertiary/aromatic N) is 7. The van der Waals surface area contributed by atoms with E-state index in [1.54, 1.807) is 11.3 Å². The van der Waals surface area contributed by atoms with E-state index in [1.807, 2.05) is 12.4 Å². The van der Waals surface area contributed by atoms with Gasteiger partial charge in [0.15, 0.2) is 5.65 Å². The summed E-state index contributed by atoms with van der Waals surface area (Å²) in [5.41, 5.74) is 12.0. The van der Waals surface area contributed by atoms with E-state index in [0.29, 0.717) is 5.65 Å². The van der Waals surface area contributed by atoms with Crippen LogP contribution in [0, 0.1) is 0 Å². The van der Waals surface area contributed by atoms with Crippen molar-refractivity contribution in [1.82, 2.24) is 33.6 Å². The fraction of sp³-hybridized carbons (Fsp3) is 0. The van der Waals surface area contributed by atoms with Crippen LogP contribution in [0.5, 0.6) is 0 Å². The van der Waals surface area contributed by atoms with Gasteiger partial charge in [-0.05, 0) is 66.7 Å². The van der Waals surface area contributed by atoms with Crippen LogP contribution in [0.2, 0.25) is 0 Å². The van der Waals surface area contributed by atoms with Crippen molar-refractivity contribution in [3.8, 4) is 39.2 Å². The van der Waals surface area contributed by atoms with Gasteiger partial charge in [-0.15, -0.1) is 11.3 Å². The molecule has 0 N–H and O–H groups in total. The van der Waals surface area contributed by atoms with Crippen LogP contribution < -0.4 is 0 Å². The second kappa shape index (κ2) is 12.8. The molecule has 0 spiro atoms. The van der Waals surface area contributed by atoms with Gasteiger partial charge in [0.25, 0.3) is 0 Å². The fourth-order valence-electron chi connectivity index (χ4n) is 9.21. The molecule has 0 fully saturated rings. The van der Waals surface area contributed by atoms with E-state index in [9.17, 15) is 0 Å². The van der Waals surface area contributed by atoms with Crippen molar-refractivity contribution in [2.75, 3.05) is 0 Å². The summed E-state index contributed by atoms with van der Waals surface area (Å²) in [5, 5.41) is 8.04. The molecular formula is C52H31N7S. The summed E-state index contributed by atoms with van der Waals surface area (Å²) in [6.07, 6.45) is 3.94. The molecule has 280 valence electrons. The highest BCUT2D eigenvalue weighted by molar-refractivity contribution is 7.22. The zero-order valence-corrected chi connectivity index (χ0v) is 32.8. The largest absolute Gasteiger partial charge is 0.308 e. The number of pyridine rings is 3. The smallest absolute Gasteiger partial charge is 0.173 e. The SMILES string of the molecule is c1ccc2c(c1)c1ccccc1n2-c1ccc(-c2nc3nc(-n4c5ccccc5c5ccccc54)cc(-c4ccc(-n5c6ccccc6c6ccccc65)cn4)c3s2)nc1. The number of rotatable bonds is 5. The van der Waals surface area contributed by atoms with Crippen LogP contribution >= 0.6 is 11.3 Å². The Balaban J connectivity index is 0.985. The molecule has 0 atom stereocenters. The topological polar surface area (TPSA) is 66.3 Å². The lowest BCUT2D eigenvalue weighted by molar-refractivity contribution is 1.09. The highest BCUT2D eigenvalue weighted by Gasteiger charge is 2.21. The van der Waals surface area contributed by atoms with Gasteiger partial charge in [0, 0.05) is 37.9 Å². The number of aromatic nitrogens is 7. The standard InChI is InChI=1S/C52H31N7S/c1-7-19-43-34(13-1)35-14-2-8-20-44(35)57(43)32-25-27-41(53-30-32)40-29-49(59-47-23-11-5-17-38(47)39-18-6-12-24-48(39)59)55-51-50(40)60-52(56-51)42-28-26-33(31-54-42)58-45-21-9-3-15-36(45)37-16-4-10-22-46(37)58/h1-31H. The predicted octanol–water partition coefficient (Wildman–Crippen LogP) is 13.1. The predicted molar refractivity (Wildman–Crippen MR) is 247 cm³/mol. The lowest BCUT2D eigenvalue weighted by atomic mass is 10.1. The molecule has 60 heavy (non-hydrogen) atoms. The number of fused-ring (bicyclic) bond motifs is 10. The maximum Gasteiger partial charge on any atom is 0.173 e. The third kappa shape index (κ3) is 4.82. The number of thiazole rings is 1. The Kier molecular flexibility index (Phi) is 7.05. The van der Waals surface area contributed by atoms with E-state index in [2.05, 4.69) is 190 Å². The Labute approximate surface area is 346 Å². The van der Waals surface area contributed by atoms with Crippen molar-refractivity contribution in [3.05, 3.63) is 188 Å². The average Bonchev–Trinajstić information content (AvgIpc) is 4.07. The van der Waals surface area contributed by atoms with Crippen molar-refractivity contribution in [2.24, 2.45) is 0 Å². The fourth-order valence-corrected chi connectivity index (χ4v) is 10.2. The molecule has 8 heteroatoms. The Hall–Kier alpha value is -7.94. The highest BCUT2D eigenvalue weighted by Crippen LogP contribution is 2.40. The molecule has 0 aliphatic rings. The molecule has 0 saturated carbocycles. The van der Waals surface area contributed by atoms with Gasteiger partial charge in [-0.3, -0.25) is 14.5 Å². The lowest BCUT2D eigenvalue weighted by Gasteiger charge is -2.11. The summed E-state index contributed by atoms with van der Waals surface area (Å²) in [6.45, 7) is 0. The second-order valence-electron chi connectivity index (χ2n) is 15.1. The molecule has 7 nitrogen and oxygen atoms in total. The summed E-state index contributed by atoms with van der Waals surface area (Å²) >= 11 is 1.60. The maximum atomic E-state index is 5.30. The van der Waals surface area contributed by atoms with Crippen LogP contribution in [0.1, 0.15) is 0 Å². The third-order valence-corrected chi connectivity index (χ3v) is 12.9. The molecule has 6 aromatic carbocycles. The van der Waals surface area contributed by atoms with Gasteiger partial charge in [-0.1, -0.05) is 109 Å². The van der Waals surface area contributed by atoms with Crippen molar-refractivity contribution in [2.45, 2.75) is 0 Å². The quantitative estimate of drug-likeness (QED) is 0.174. The number of para-hydroxylation sites is 6. The first-order chi connectivity index (χ1) is 29.8. The van der Waals surface area contributed by atoms with E-state index < -0.39 is 0 Å². The van der Waals surface area contributed by atoms with Crippen molar-refractivity contribution in [3.63, 3.8) is 0 Å². The molecule has 0 unspecified atom stereocenters. The van der Waals surface area contributed by atoms with Crippen molar-refractivity contribution in [1.29, 1.82) is 0 Å². The van der Waals surface area contributed by atoms with Gasteiger partial charge in [-0.2, -0.15) is 0 Å². The highest BCUT2D eigenvalue weighted by atomic mass is 32.1. The molecule has 0 aliphatic carbocycles. The second-order valence-corrected chi connectivity index (χ2v) is 16.1. The van der Waals surface area contributed by atoms with E-state index >= 15 is 0 Å². The van der Waals surface area contributed by atoms with E-state index in [1.165, 1.54) is 32.3 Å². The molecule has 0 saturated heterocycles. The van der Waals surface area contributed by atoms with Gasteiger partial charge < -0.3 is 9.13 Å². The van der Waals surface area contributed by atoms with Crippen LogP contribution in [-0.2, 0) is 0 Å². The Morgan fingerprint density at radius 3 is 1.15 bits per heavy atom. The summed E-state index contributed by atoms with van der Waals surface area (Å²) < 4.78 is 7.79. The minimum atomic E-state index is 0.658. The van der Waals surface area contributed by atoms with Gasteiger partial charge in [0.2, 0.25) is 0 Å². The molecular weight excluding hydrogens is 755 g/mol. The van der Waals surface area contributed by atoms with E-state index in [0.717, 1.165) is 77.0 Å². The summed E-state index contributed by atoms with van der Waals surface area (Å²) in [4.78, 5) is 20.7. The zero-order valence-electron chi connectivity index (χ0n) is 31.9. The molecule has 7 aromatic heterocycles. The van der Waals surface area contributed by atoms with Crippen LogP contribution in [0.15, 0.2) is 188 Å². The minimum Gasteiger partial charge on any atom is -0.308 e. The first-order valence-electron chi connectivity index (χ1n) is 20.0. The molecule has 13 rings (SSSR count). The lowest BCUT2D eigenvalue weighted by Crippen LogP contribution is -2.00. The summed E-state index contributed by atoms with van der Waals surface area (Å²) in [6, 6.07) is 61.9. The van der Waals surface area contributed by atoms with Gasteiger partial charge >= 0.3 is 0 Å². The van der Waals surface area contributed by atoms with Crippen LogP contribution in [-0.4, -0.2) is 33.6 Å². The zero-order chi connectivity index (χ0) is 39.3. The third-order valence-electron chi connectivity index (χ3n) is 11.8. The van der Waals surface area contributed by atoms with Crippen LogP contribution in [0.3, 0.4) is 0 Å². The molecule has 0 radical (unpaired) electrons. The van der Waals surface area contributed by atoms with Crippen molar-refractivity contribution >= 4 is 87.1 Å².